The second-order valence-corrected chi connectivity index (χ2v) is 4.89. The molecule has 18 heavy (non-hydrogen) atoms. The van der Waals surface area contributed by atoms with Crippen molar-refractivity contribution >= 4 is 46.3 Å². The summed E-state index contributed by atoms with van der Waals surface area (Å²) in [4.78, 5) is 23.5. The number of hydrogen-bond donors (Lipinski definition) is 1. The smallest absolute Gasteiger partial charge is 0.337 e. The lowest BCUT2D eigenvalue weighted by Crippen LogP contribution is -2.15. The van der Waals surface area contributed by atoms with Crippen LogP contribution < -0.4 is 5.32 Å². The van der Waals surface area contributed by atoms with Gasteiger partial charge in [-0.15, -0.1) is 0 Å². The molecule has 1 amide bonds. The molecule has 0 unspecified atom stereocenters. The lowest BCUT2D eigenvalue weighted by molar-refractivity contribution is 0.0600. The maximum atomic E-state index is 11.2. The van der Waals surface area contributed by atoms with E-state index in [-0.39, 0.29) is 11.2 Å². The summed E-state index contributed by atoms with van der Waals surface area (Å²) in [5, 5.41) is 2.37. The van der Waals surface area contributed by atoms with Crippen molar-refractivity contribution in [1.29, 1.82) is 0 Å². The van der Waals surface area contributed by atoms with Gasteiger partial charge < -0.3 is 10.1 Å². The van der Waals surface area contributed by atoms with Crippen LogP contribution in [-0.4, -0.2) is 23.3 Å². The molecule has 1 aromatic carbocycles. The molecule has 92 valence electrons. The minimum atomic E-state index is -0.378. The van der Waals surface area contributed by atoms with Gasteiger partial charge in [0.05, 0.1) is 17.6 Å². The van der Waals surface area contributed by atoms with Crippen molar-refractivity contribution in [1.82, 2.24) is 5.32 Å². The third-order valence-electron chi connectivity index (χ3n) is 2.27. The Morgan fingerprint density at radius 2 is 2.06 bits per heavy atom. The van der Waals surface area contributed by atoms with Crippen LogP contribution in [0.4, 0.5) is 4.79 Å². The molecule has 2 rings (SSSR count). The van der Waals surface area contributed by atoms with E-state index in [0.29, 0.717) is 15.5 Å². The second-order valence-electron chi connectivity index (χ2n) is 3.47. The van der Waals surface area contributed by atoms with Crippen LogP contribution in [-0.2, 0) is 4.74 Å². The fourth-order valence-corrected chi connectivity index (χ4v) is 2.44. The van der Waals surface area contributed by atoms with E-state index < -0.39 is 0 Å². The van der Waals surface area contributed by atoms with E-state index in [9.17, 15) is 9.59 Å². The first kappa shape index (κ1) is 12.8. The Kier molecular flexibility index (Phi) is 3.78. The van der Waals surface area contributed by atoms with Crippen LogP contribution in [0.1, 0.15) is 15.9 Å². The predicted octanol–water partition coefficient (Wildman–Crippen LogP) is 2.60. The summed E-state index contributed by atoms with van der Waals surface area (Å²) >= 11 is 6.07. The fourth-order valence-electron chi connectivity index (χ4n) is 1.41. The zero-order valence-corrected chi connectivity index (χ0v) is 11.1. The predicted molar refractivity (Wildman–Crippen MR) is 74.5 cm³/mol. The van der Waals surface area contributed by atoms with Gasteiger partial charge in [-0.2, -0.15) is 0 Å². The lowest BCUT2D eigenvalue weighted by Gasteiger charge is -2.00. The first-order valence-corrected chi connectivity index (χ1v) is 6.26. The highest BCUT2D eigenvalue weighted by molar-refractivity contribution is 8.19. The largest absolute Gasteiger partial charge is 0.465 e. The number of thioether (sulfide) groups is 1. The molecule has 0 aliphatic carbocycles. The quantitative estimate of drug-likeness (QED) is 0.512. The third kappa shape index (κ3) is 2.77. The number of amides is 1. The molecule has 0 aromatic heterocycles. The van der Waals surface area contributed by atoms with Crippen LogP contribution in [0.15, 0.2) is 29.2 Å². The van der Waals surface area contributed by atoms with E-state index in [2.05, 4.69) is 10.1 Å². The molecular formula is C12H9NO3S2. The molecule has 1 N–H and O–H groups in total. The number of benzene rings is 1. The second kappa shape index (κ2) is 5.32. The molecule has 1 aliphatic heterocycles. The highest BCUT2D eigenvalue weighted by Gasteiger charge is 2.21. The molecule has 0 spiro atoms. The number of rotatable bonds is 2. The van der Waals surface area contributed by atoms with Crippen molar-refractivity contribution in [2.45, 2.75) is 0 Å². The van der Waals surface area contributed by atoms with Gasteiger partial charge in [0, 0.05) is 0 Å². The summed E-state index contributed by atoms with van der Waals surface area (Å²) < 4.78 is 4.61. The number of thiocarbonyl (C=S) groups is 1. The van der Waals surface area contributed by atoms with Gasteiger partial charge in [0.1, 0.15) is 4.99 Å². The Balaban J connectivity index is 2.21. The topological polar surface area (TPSA) is 55.4 Å². The number of carbonyl (C=O) groups excluding carboxylic acids is 2. The summed E-state index contributed by atoms with van der Waals surface area (Å²) in [5.74, 6) is -0.378. The molecule has 1 saturated heterocycles. The van der Waals surface area contributed by atoms with Crippen LogP contribution in [0.25, 0.3) is 6.08 Å². The zero-order chi connectivity index (χ0) is 13.1. The molecule has 6 heteroatoms. The molecule has 1 aliphatic rings. The van der Waals surface area contributed by atoms with Crippen molar-refractivity contribution in [3.63, 3.8) is 0 Å². The Hall–Kier alpha value is -1.66. The summed E-state index contributed by atoms with van der Waals surface area (Å²) in [7, 11) is 1.34. The fraction of sp³-hybridized carbons (Fsp3) is 0.0833. The van der Waals surface area contributed by atoms with E-state index in [1.54, 1.807) is 30.3 Å². The SMILES string of the molecule is COC(=O)c1ccc(/C=C2/SC(=O)NC2=S)cc1. The van der Waals surface area contributed by atoms with Gasteiger partial charge in [-0.25, -0.2) is 4.79 Å². The molecule has 1 fully saturated rings. The summed E-state index contributed by atoms with van der Waals surface area (Å²) in [6.45, 7) is 0. The van der Waals surface area contributed by atoms with E-state index in [1.807, 2.05) is 0 Å². The molecule has 1 aromatic rings. The molecule has 0 bridgehead atoms. The Labute approximate surface area is 113 Å². The van der Waals surface area contributed by atoms with E-state index >= 15 is 0 Å². The molecule has 4 nitrogen and oxygen atoms in total. The van der Waals surface area contributed by atoms with Crippen molar-refractivity contribution in [2.75, 3.05) is 7.11 Å². The Morgan fingerprint density at radius 1 is 1.39 bits per heavy atom. The molecule has 0 atom stereocenters. The van der Waals surface area contributed by atoms with Gasteiger partial charge in [0.2, 0.25) is 0 Å². The van der Waals surface area contributed by atoms with Gasteiger partial charge >= 0.3 is 5.97 Å². The van der Waals surface area contributed by atoms with Gasteiger partial charge in [-0.05, 0) is 35.5 Å². The zero-order valence-electron chi connectivity index (χ0n) is 9.43. The van der Waals surface area contributed by atoms with Gasteiger partial charge in [0.15, 0.2) is 0 Å². The Bertz CT molecular complexity index is 549. The normalized spacial score (nSPS) is 16.8. The van der Waals surface area contributed by atoms with Crippen LogP contribution in [0.3, 0.4) is 0 Å². The summed E-state index contributed by atoms with van der Waals surface area (Å²) in [6.07, 6.45) is 1.80. The first-order valence-electron chi connectivity index (χ1n) is 5.03. The van der Waals surface area contributed by atoms with Gasteiger partial charge in [0.25, 0.3) is 5.24 Å². The van der Waals surface area contributed by atoms with Crippen molar-refractivity contribution < 1.29 is 14.3 Å². The lowest BCUT2D eigenvalue weighted by atomic mass is 10.1. The number of nitrogens with one attached hydrogen (secondary N) is 1. The van der Waals surface area contributed by atoms with Crippen LogP contribution in [0, 0.1) is 0 Å². The van der Waals surface area contributed by atoms with Crippen LogP contribution >= 0.6 is 24.0 Å². The minimum absolute atomic E-state index is 0.169. The number of hydrogen-bond acceptors (Lipinski definition) is 5. The van der Waals surface area contributed by atoms with Crippen molar-refractivity contribution in [3.05, 3.63) is 40.3 Å². The summed E-state index contributed by atoms with van der Waals surface area (Å²) in [6, 6.07) is 6.86. The molecule has 0 saturated carbocycles. The average molecular weight is 279 g/mol. The molecule has 0 radical (unpaired) electrons. The van der Waals surface area contributed by atoms with E-state index in [4.69, 9.17) is 12.2 Å². The Morgan fingerprint density at radius 3 is 2.56 bits per heavy atom. The number of esters is 1. The number of carbonyl (C=O) groups is 2. The summed E-state index contributed by atoms with van der Waals surface area (Å²) in [5.41, 5.74) is 1.35. The maximum Gasteiger partial charge on any atom is 0.337 e. The highest BCUT2D eigenvalue weighted by atomic mass is 32.2. The molecule has 1 heterocycles. The highest BCUT2D eigenvalue weighted by Crippen LogP contribution is 2.26. The first-order chi connectivity index (χ1) is 8.60. The number of ether oxygens (including phenoxy) is 1. The van der Waals surface area contributed by atoms with Crippen LogP contribution in [0.5, 0.6) is 0 Å². The van der Waals surface area contributed by atoms with Crippen LogP contribution in [0.2, 0.25) is 0 Å². The standard InChI is InChI=1S/C12H9NO3S2/c1-16-11(14)8-4-2-7(3-5-8)6-9-10(17)13-12(15)18-9/h2-6H,1H3,(H,13,15,17)/b9-6+. The minimum Gasteiger partial charge on any atom is -0.465 e. The van der Waals surface area contributed by atoms with Gasteiger partial charge in [-0.1, -0.05) is 24.4 Å². The maximum absolute atomic E-state index is 11.2. The van der Waals surface area contributed by atoms with Crippen molar-refractivity contribution in [3.8, 4) is 0 Å². The third-order valence-corrected chi connectivity index (χ3v) is 3.55. The average Bonchev–Trinajstić information content (AvgIpc) is 2.68. The van der Waals surface area contributed by atoms with Crippen molar-refractivity contribution in [2.24, 2.45) is 0 Å². The number of methoxy groups -OCH3 is 1. The van der Waals surface area contributed by atoms with E-state index in [1.165, 1.54) is 7.11 Å². The monoisotopic (exact) mass is 279 g/mol. The molecular weight excluding hydrogens is 270 g/mol. The van der Waals surface area contributed by atoms with E-state index in [0.717, 1.165) is 17.3 Å². The van der Waals surface area contributed by atoms with Gasteiger partial charge in [-0.3, -0.25) is 4.79 Å².